The summed E-state index contributed by atoms with van der Waals surface area (Å²) in [4.78, 5) is 10.8. The number of rotatable bonds is 8. The zero-order chi connectivity index (χ0) is 13.5. The van der Waals surface area contributed by atoms with Gasteiger partial charge in [0.25, 0.3) is 0 Å². The zero-order valence-corrected chi connectivity index (χ0v) is 11.1. The third-order valence-electron chi connectivity index (χ3n) is 2.48. The van der Waals surface area contributed by atoms with Gasteiger partial charge in [-0.2, -0.15) is 0 Å². The van der Waals surface area contributed by atoms with Crippen LogP contribution in [0.2, 0.25) is 0 Å². The average molecular weight is 250 g/mol. The van der Waals surface area contributed by atoms with Gasteiger partial charge >= 0.3 is 5.97 Å². The van der Waals surface area contributed by atoms with Crippen LogP contribution >= 0.6 is 0 Å². The Morgan fingerprint density at radius 1 is 1.00 bits per heavy atom. The molecule has 18 heavy (non-hydrogen) atoms. The number of hydrogen-bond donors (Lipinski definition) is 1. The van der Waals surface area contributed by atoms with Gasteiger partial charge in [-0.3, -0.25) is 4.79 Å². The maximum absolute atomic E-state index is 10.8. The van der Waals surface area contributed by atoms with Crippen molar-refractivity contribution < 1.29 is 14.6 Å². The van der Waals surface area contributed by atoms with Crippen molar-refractivity contribution >= 4 is 5.97 Å². The Morgan fingerprint density at radius 2 is 1.61 bits per heavy atom. The summed E-state index contributed by atoms with van der Waals surface area (Å²) in [6.45, 7) is -0.125. The van der Waals surface area contributed by atoms with Crippen LogP contribution in [0.1, 0.15) is 51.4 Å². The van der Waals surface area contributed by atoms with Gasteiger partial charge in [0.05, 0.1) is 7.11 Å². The maximum atomic E-state index is 10.8. The predicted molar refractivity (Wildman–Crippen MR) is 71.6 cm³/mol. The number of unbranched alkanes of at least 4 members (excludes halogenated alkanes) is 6. The van der Waals surface area contributed by atoms with Crippen molar-refractivity contribution in [2.24, 2.45) is 0 Å². The second kappa shape index (κ2) is 13.6. The van der Waals surface area contributed by atoms with E-state index in [1.807, 2.05) is 0 Å². The average Bonchev–Trinajstić information content (AvgIpc) is 2.39. The Morgan fingerprint density at radius 3 is 2.28 bits per heavy atom. The number of esters is 1. The molecule has 0 spiro atoms. The maximum Gasteiger partial charge on any atom is 0.305 e. The predicted octanol–water partition coefficient (Wildman–Crippen LogP) is 2.28. The van der Waals surface area contributed by atoms with Crippen LogP contribution in [0.3, 0.4) is 0 Å². The fourth-order valence-corrected chi connectivity index (χ4v) is 1.48. The Labute approximate surface area is 110 Å². The number of hydrogen-bond acceptors (Lipinski definition) is 3. The molecular weight excluding hydrogens is 228 g/mol. The van der Waals surface area contributed by atoms with Crippen LogP contribution < -0.4 is 0 Å². The molecule has 0 radical (unpaired) electrons. The van der Waals surface area contributed by atoms with Crippen molar-refractivity contribution in [1.29, 1.82) is 0 Å². The van der Waals surface area contributed by atoms with Gasteiger partial charge in [-0.1, -0.05) is 37.5 Å². The molecule has 0 unspecified atom stereocenters. The fraction of sp³-hybridized carbons (Fsp3) is 0.667. The standard InChI is InChI=1S/C15H22O3/c1-18-15(17)13-11-9-7-5-3-2-4-6-8-10-12-14-16/h16H,2-5,7,9,11,13-14H2,1H3. The second-order valence-electron chi connectivity index (χ2n) is 3.96. The summed E-state index contributed by atoms with van der Waals surface area (Å²) >= 11 is 0. The second-order valence-corrected chi connectivity index (χ2v) is 3.96. The number of ether oxygens (including phenoxy) is 1. The van der Waals surface area contributed by atoms with E-state index in [4.69, 9.17) is 5.11 Å². The van der Waals surface area contributed by atoms with Crippen molar-refractivity contribution in [3.05, 3.63) is 0 Å². The van der Waals surface area contributed by atoms with Crippen LogP contribution in [0, 0.1) is 23.7 Å². The van der Waals surface area contributed by atoms with E-state index in [1.54, 1.807) is 0 Å². The van der Waals surface area contributed by atoms with Gasteiger partial charge < -0.3 is 9.84 Å². The molecule has 0 fully saturated rings. The number of methoxy groups -OCH3 is 1. The lowest BCUT2D eigenvalue weighted by atomic mass is 10.1. The van der Waals surface area contributed by atoms with Crippen LogP contribution in [-0.2, 0) is 9.53 Å². The number of aliphatic hydroxyl groups is 1. The fourth-order valence-electron chi connectivity index (χ4n) is 1.48. The molecule has 3 nitrogen and oxygen atoms in total. The molecule has 0 aromatic heterocycles. The summed E-state index contributed by atoms with van der Waals surface area (Å²) in [5, 5.41) is 8.39. The molecule has 0 atom stereocenters. The molecule has 0 aliphatic heterocycles. The number of aliphatic hydroxyl groups excluding tert-OH is 1. The first-order valence-corrected chi connectivity index (χ1v) is 6.44. The molecule has 0 saturated carbocycles. The molecule has 0 aliphatic carbocycles. The SMILES string of the molecule is COC(=O)CCCCCCCCC#CC#CCO. The minimum atomic E-state index is -0.125. The first-order chi connectivity index (χ1) is 8.81. The zero-order valence-electron chi connectivity index (χ0n) is 11.1. The Bertz CT molecular complexity index is 325. The first-order valence-electron chi connectivity index (χ1n) is 6.44. The van der Waals surface area contributed by atoms with E-state index in [0.717, 1.165) is 32.1 Å². The molecule has 0 rings (SSSR count). The minimum Gasteiger partial charge on any atom is -0.469 e. The quantitative estimate of drug-likeness (QED) is 0.408. The summed E-state index contributed by atoms with van der Waals surface area (Å²) < 4.78 is 4.57. The van der Waals surface area contributed by atoms with E-state index >= 15 is 0 Å². The van der Waals surface area contributed by atoms with Gasteiger partial charge in [-0.05, 0) is 24.7 Å². The van der Waals surface area contributed by atoms with E-state index in [1.165, 1.54) is 20.0 Å². The lowest BCUT2D eigenvalue weighted by Crippen LogP contribution is -1.99. The molecule has 100 valence electrons. The van der Waals surface area contributed by atoms with E-state index in [9.17, 15) is 4.79 Å². The van der Waals surface area contributed by atoms with Crippen LogP contribution in [0.15, 0.2) is 0 Å². The summed E-state index contributed by atoms with van der Waals surface area (Å²) in [5.74, 6) is 10.6. The van der Waals surface area contributed by atoms with E-state index < -0.39 is 0 Å². The molecule has 3 heteroatoms. The molecule has 1 N–H and O–H groups in total. The molecule has 0 heterocycles. The van der Waals surface area contributed by atoms with Gasteiger partial charge in [0, 0.05) is 12.8 Å². The van der Waals surface area contributed by atoms with Crippen molar-refractivity contribution in [2.45, 2.75) is 51.4 Å². The van der Waals surface area contributed by atoms with E-state index in [-0.39, 0.29) is 12.6 Å². The topological polar surface area (TPSA) is 46.5 Å². The van der Waals surface area contributed by atoms with Crippen LogP contribution in [0.4, 0.5) is 0 Å². The smallest absolute Gasteiger partial charge is 0.305 e. The number of carbonyl (C=O) groups is 1. The largest absolute Gasteiger partial charge is 0.469 e. The first kappa shape index (κ1) is 16.6. The van der Waals surface area contributed by atoms with Crippen molar-refractivity contribution in [3.8, 4) is 23.7 Å². The third-order valence-corrected chi connectivity index (χ3v) is 2.48. The van der Waals surface area contributed by atoms with Crippen molar-refractivity contribution in [1.82, 2.24) is 0 Å². The van der Waals surface area contributed by atoms with E-state index in [2.05, 4.69) is 28.4 Å². The highest BCUT2D eigenvalue weighted by Gasteiger charge is 1.98. The molecule has 0 aromatic carbocycles. The van der Waals surface area contributed by atoms with Gasteiger partial charge in [0.15, 0.2) is 0 Å². The monoisotopic (exact) mass is 250 g/mol. The van der Waals surface area contributed by atoms with Crippen LogP contribution in [-0.4, -0.2) is 24.8 Å². The molecule has 0 aliphatic rings. The molecule has 0 amide bonds. The van der Waals surface area contributed by atoms with E-state index in [0.29, 0.717) is 6.42 Å². The van der Waals surface area contributed by atoms with Gasteiger partial charge in [-0.25, -0.2) is 0 Å². The van der Waals surface area contributed by atoms with Gasteiger partial charge in [0.2, 0.25) is 0 Å². The van der Waals surface area contributed by atoms with Crippen molar-refractivity contribution in [2.75, 3.05) is 13.7 Å². The number of carbonyl (C=O) groups excluding carboxylic acids is 1. The minimum absolute atomic E-state index is 0.116. The molecular formula is C15H22O3. The van der Waals surface area contributed by atoms with Crippen LogP contribution in [0.25, 0.3) is 0 Å². The molecule has 0 aromatic rings. The van der Waals surface area contributed by atoms with Gasteiger partial charge in [-0.15, -0.1) is 0 Å². The van der Waals surface area contributed by atoms with Gasteiger partial charge in [0.1, 0.15) is 6.61 Å². The summed E-state index contributed by atoms with van der Waals surface area (Å²) in [5.41, 5.74) is 0. The lowest BCUT2D eigenvalue weighted by molar-refractivity contribution is -0.140. The molecule has 0 bridgehead atoms. The van der Waals surface area contributed by atoms with Crippen molar-refractivity contribution in [3.63, 3.8) is 0 Å². The Hall–Kier alpha value is -1.45. The van der Waals surface area contributed by atoms with Crippen LogP contribution in [0.5, 0.6) is 0 Å². The Kier molecular flexibility index (Phi) is 12.5. The third kappa shape index (κ3) is 12.6. The Balaban J connectivity index is 3.20. The summed E-state index contributed by atoms with van der Waals surface area (Å²) in [6.07, 6.45) is 8.00. The highest BCUT2D eigenvalue weighted by Crippen LogP contribution is 2.08. The normalized spacial score (nSPS) is 8.78. The highest BCUT2D eigenvalue weighted by atomic mass is 16.5. The highest BCUT2D eigenvalue weighted by molar-refractivity contribution is 5.68. The summed E-state index contributed by atoms with van der Waals surface area (Å²) in [7, 11) is 1.42. The summed E-state index contributed by atoms with van der Waals surface area (Å²) in [6, 6.07) is 0. The lowest BCUT2D eigenvalue weighted by Gasteiger charge is -2.00. The molecule has 0 saturated heterocycles.